The number of anilines is 1. The Hall–Kier alpha value is -3.10. The highest BCUT2D eigenvalue weighted by Crippen LogP contribution is 2.21. The molecule has 0 aromatic heterocycles. The molecule has 0 aliphatic carbocycles. The molecule has 0 radical (unpaired) electrons. The normalized spacial score (nSPS) is 14.9. The van der Waals surface area contributed by atoms with Gasteiger partial charge >= 0.3 is 0 Å². The van der Waals surface area contributed by atoms with Crippen LogP contribution in [0.2, 0.25) is 0 Å². The number of hydrogen-bond acceptors (Lipinski definition) is 5. The van der Waals surface area contributed by atoms with Gasteiger partial charge in [0.05, 0.1) is 5.75 Å². The van der Waals surface area contributed by atoms with E-state index >= 15 is 0 Å². The van der Waals surface area contributed by atoms with Gasteiger partial charge in [-0.05, 0) is 47.5 Å². The molecule has 0 bridgehead atoms. The molecule has 0 spiro atoms. The molecule has 0 saturated carbocycles. The number of hydrogen-bond donors (Lipinski definition) is 1. The molecule has 174 valence electrons. The number of nitrogens with zero attached hydrogens (tertiary/aromatic N) is 2. The number of aryl methyl sites for hydroxylation is 1. The van der Waals surface area contributed by atoms with Crippen molar-refractivity contribution in [3.05, 3.63) is 72.3 Å². The van der Waals surface area contributed by atoms with E-state index in [9.17, 15) is 13.2 Å². The summed E-state index contributed by atoms with van der Waals surface area (Å²) in [7, 11) is -3.43. The number of benzene rings is 3. The molecule has 7 nitrogen and oxygen atoms in total. The molecule has 8 heteroatoms. The maximum absolute atomic E-state index is 12.7. The van der Waals surface area contributed by atoms with Crippen LogP contribution in [-0.2, 0) is 14.8 Å². The Labute approximate surface area is 195 Å². The summed E-state index contributed by atoms with van der Waals surface area (Å²) in [5.41, 5.74) is 2.30. The Morgan fingerprint density at radius 1 is 0.939 bits per heavy atom. The molecule has 4 rings (SSSR count). The van der Waals surface area contributed by atoms with Crippen LogP contribution in [0.3, 0.4) is 0 Å². The van der Waals surface area contributed by atoms with E-state index in [1.165, 1.54) is 9.87 Å². The first kappa shape index (κ1) is 23.1. The Kier molecular flexibility index (Phi) is 7.15. The van der Waals surface area contributed by atoms with Gasteiger partial charge in [0, 0.05) is 38.4 Å². The second kappa shape index (κ2) is 10.2. The summed E-state index contributed by atoms with van der Waals surface area (Å²) < 4.78 is 32.5. The molecule has 33 heavy (non-hydrogen) atoms. The summed E-state index contributed by atoms with van der Waals surface area (Å²) >= 11 is 0. The minimum Gasteiger partial charge on any atom is -0.484 e. The van der Waals surface area contributed by atoms with Crippen LogP contribution in [0, 0.1) is 6.92 Å². The molecule has 1 amide bonds. The van der Waals surface area contributed by atoms with Gasteiger partial charge in [0.1, 0.15) is 5.75 Å². The fourth-order valence-corrected chi connectivity index (χ4v) is 5.29. The Balaban J connectivity index is 1.20. The molecule has 1 heterocycles. The Morgan fingerprint density at radius 2 is 1.70 bits per heavy atom. The predicted molar refractivity (Wildman–Crippen MR) is 131 cm³/mol. The summed E-state index contributed by atoms with van der Waals surface area (Å²) in [5.74, 6) is 0.129. The molecular weight excluding hydrogens is 438 g/mol. The molecule has 1 aliphatic rings. The molecule has 0 unspecified atom stereocenters. The minimum atomic E-state index is -3.43. The molecule has 1 aliphatic heterocycles. The van der Waals surface area contributed by atoms with E-state index < -0.39 is 10.0 Å². The highest BCUT2D eigenvalue weighted by molar-refractivity contribution is 7.89. The second-order valence-corrected chi connectivity index (χ2v) is 10.3. The Morgan fingerprint density at radius 3 is 2.45 bits per heavy atom. The number of carbonyl (C=O) groups excluding carboxylic acids is 1. The fourth-order valence-electron chi connectivity index (χ4n) is 3.95. The van der Waals surface area contributed by atoms with Crippen LogP contribution in [0.4, 0.5) is 5.69 Å². The van der Waals surface area contributed by atoms with Crippen molar-refractivity contribution in [1.29, 1.82) is 0 Å². The van der Waals surface area contributed by atoms with Gasteiger partial charge in [0.25, 0.3) is 5.91 Å². The smallest absolute Gasteiger partial charge is 0.257 e. The lowest BCUT2D eigenvalue weighted by atomic mass is 10.1. The average Bonchev–Trinajstić information content (AvgIpc) is 2.82. The van der Waals surface area contributed by atoms with Crippen LogP contribution in [0.15, 0.2) is 66.7 Å². The van der Waals surface area contributed by atoms with E-state index in [1.807, 2.05) is 67.6 Å². The minimum absolute atomic E-state index is 0.0559. The SMILES string of the molecule is Cc1cccc(N2CCN(S(=O)(=O)CCNC(=O)COc3ccc4ccccc4c3)CC2)c1. The Bertz CT molecular complexity index is 1220. The van der Waals surface area contributed by atoms with Crippen molar-refractivity contribution in [3.8, 4) is 5.75 Å². The van der Waals surface area contributed by atoms with E-state index in [2.05, 4.69) is 16.3 Å². The number of amides is 1. The van der Waals surface area contributed by atoms with Crippen molar-refractivity contribution >= 4 is 32.4 Å². The third-order valence-electron chi connectivity index (χ3n) is 5.77. The van der Waals surface area contributed by atoms with Crippen molar-refractivity contribution in [1.82, 2.24) is 9.62 Å². The first-order valence-corrected chi connectivity index (χ1v) is 12.7. The molecule has 0 atom stereocenters. The van der Waals surface area contributed by atoms with Gasteiger partial charge in [-0.3, -0.25) is 4.79 Å². The molecule has 1 fully saturated rings. The van der Waals surface area contributed by atoms with Crippen LogP contribution < -0.4 is 15.0 Å². The largest absolute Gasteiger partial charge is 0.484 e. The van der Waals surface area contributed by atoms with Crippen LogP contribution in [0.1, 0.15) is 5.56 Å². The van der Waals surface area contributed by atoms with Crippen molar-refractivity contribution < 1.29 is 17.9 Å². The van der Waals surface area contributed by atoms with E-state index in [0.717, 1.165) is 16.5 Å². The molecule has 3 aromatic rings. The standard InChI is InChI=1S/C25H29N3O4S/c1-20-5-4-8-23(17-20)27-12-14-28(15-13-27)33(30,31)16-11-26-25(29)19-32-24-10-9-21-6-2-3-7-22(21)18-24/h2-10,17-18H,11-16,19H2,1H3,(H,26,29). The third kappa shape index (κ3) is 6.03. The summed E-state index contributed by atoms with van der Waals surface area (Å²) in [6, 6.07) is 21.8. The third-order valence-corrected chi connectivity index (χ3v) is 7.64. The van der Waals surface area contributed by atoms with Crippen LogP contribution in [-0.4, -0.2) is 63.7 Å². The van der Waals surface area contributed by atoms with E-state index in [4.69, 9.17) is 4.74 Å². The van der Waals surface area contributed by atoms with Crippen LogP contribution in [0.5, 0.6) is 5.75 Å². The number of rotatable bonds is 8. The number of piperazine rings is 1. The zero-order valence-corrected chi connectivity index (χ0v) is 19.6. The van der Waals surface area contributed by atoms with Gasteiger partial charge in [-0.2, -0.15) is 4.31 Å². The van der Waals surface area contributed by atoms with Crippen molar-refractivity contribution in [2.24, 2.45) is 0 Å². The monoisotopic (exact) mass is 467 g/mol. The number of carbonyl (C=O) groups is 1. The van der Waals surface area contributed by atoms with Crippen LogP contribution >= 0.6 is 0 Å². The highest BCUT2D eigenvalue weighted by Gasteiger charge is 2.26. The topological polar surface area (TPSA) is 79.0 Å². The number of sulfonamides is 1. The predicted octanol–water partition coefficient (Wildman–Crippen LogP) is 2.80. The number of nitrogens with one attached hydrogen (secondary N) is 1. The van der Waals surface area contributed by atoms with Gasteiger partial charge in [0.2, 0.25) is 10.0 Å². The number of ether oxygens (including phenoxy) is 1. The summed E-state index contributed by atoms with van der Waals surface area (Å²) in [4.78, 5) is 14.3. The summed E-state index contributed by atoms with van der Waals surface area (Å²) in [6.45, 7) is 4.12. The van der Waals surface area contributed by atoms with Gasteiger partial charge in [-0.1, -0.05) is 42.5 Å². The lowest BCUT2D eigenvalue weighted by Gasteiger charge is -2.35. The first-order chi connectivity index (χ1) is 15.9. The average molecular weight is 468 g/mol. The fraction of sp³-hybridized carbons (Fsp3) is 0.320. The quantitative estimate of drug-likeness (QED) is 0.551. The second-order valence-electron chi connectivity index (χ2n) is 8.19. The lowest BCUT2D eigenvalue weighted by Crippen LogP contribution is -2.50. The van der Waals surface area contributed by atoms with E-state index in [0.29, 0.717) is 31.9 Å². The van der Waals surface area contributed by atoms with Gasteiger partial charge in [-0.15, -0.1) is 0 Å². The zero-order valence-electron chi connectivity index (χ0n) is 18.7. The lowest BCUT2D eigenvalue weighted by molar-refractivity contribution is -0.122. The molecular formula is C25H29N3O4S. The van der Waals surface area contributed by atoms with Crippen molar-refractivity contribution in [2.75, 3.05) is 50.0 Å². The summed E-state index contributed by atoms with van der Waals surface area (Å²) in [6.07, 6.45) is 0. The summed E-state index contributed by atoms with van der Waals surface area (Å²) in [5, 5.41) is 4.77. The molecule has 3 aromatic carbocycles. The first-order valence-electron chi connectivity index (χ1n) is 11.1. The van der Waals surface area contributed by atoms with Gasteiger partial charge < -0.3 is 15.0 Å². The highest BCUT2D eigenvalue weighted by atomic mass is 32.2. The molecule has 1 N–H and O–H groups in total. The van der Waals surface area contributed by atoms with Gasteiger partial charge in [-0.25, -0.2) is 8.42 Å². The van der Waals surface area contributed by atoms with Crippen molar-refractivity contribution in [3.63, 3.8) is 0 Å². The van der Waals surface area contributed by atoms with Crippen LogP contribution in [0.25, 0.3) is 10.8 Å². The maximum atomic E-state index is 12.7. The zero-order chi connectivity index (χ0) is 23.3. The number of fused-ring (bicyclic) bond motifs is 1. The van der Waals surface area contributed by atoms with E-state index in [1.54, 1.807) is 0 Å². The molecule has 1 saturated heterocycles. The van der Waals surface area contributed by atoms with E-state index in [-0.39, 0.29) is 24.8 Å². The van der Waals surface area contributed by atoms with Crippen molar-refractivity contribution in [2.45, 2.75) is 6.92 Å². The maximum Gasteiger partial charge on any atom is 0.257 e. The van der Waals surface area contributed by atoms with Gasteiger partial charge in [0.15, 0.2) is 6.61 Å².